The molecule has 1 fully saturated rings. The van der Waals surface area contributed by atoms with Crippen molar-refractivity contribution in [3.05, 3.63) is 0 Å². The second-order valence-electron chi connectivity index (χ2n) is 4.56. The van der Waals surface area contributed by atoms with Crippen LogP contribution in [0, 0.1) is 0 Å². The molecule has 1 aliphatic heterocycles. The SMILES string of the molecule is CCCCC(OCCCCCCO)C1CO1. The Hall–Kier alpha value is -0.120. The van der Waals surface area contributed by atoms with Crippen LogP contribution in [0.2, 0.25) is 0 Å². The summed E-state index contributed by atoms with van der Waals surface area (Å²) in [6.45, 7) is 4.26. The zero-order valence-electron chi connectivity index (χ0n) is 10.5. The third kappa shape index (κ3) is 6.46. The molecule has 0 radical (unpaired) electrons. The molecule has 2 unspecified atom stereocenters. The average Bonchev–Trinajstić information content (AvgIpc) is 3.11. The molecule has 0 bridgehead atoms. The average molecular weight is 230 g/mol. The lowest BCUT2D eigenvalue weighted by Crippen LogP contribution is -2.20. The first-order chi connectivity index (χ1) is 7.88. The molecule has 0 aromatic heterocycles. The standard InChI is InChI=1S/C13H26O3/c1-2-3-8-12(13-11-16-13)15-10-7-5-4-6-9-14/h12-14H,2-11H2,1H3. The predicted molar refractivity (Wildman–Crippen MR) is 64.6 cm³/mol. The number of aliphatic hydroxyl groups excluding tert-OH is 1. The van der Waals surface area contributed by atoms with E-state index in [9.17, 15) is 0 Å². The van der Waals surface area contributed by atoms with Crippen molar-refractivity contribution in [2.45, 2.75) is 64.1 Å². The highest BCUT2D eigenvalue weighted by molar-refractivity contribution is 4.79. The van der Waals surface area contributed by atoms with E-state index in [1.807, 2.05) is 0 Å². The van der Waals surface area contributed by atoms with E-state index in [-0.39, 0.29) is 0 Å². The third-order valence-electron chi connectivity index (χ3n) is 3.00. The van der Waals surface area contributed by atoms with Crippen LogP contribution in [0.5, 0.6) is 0 Å². The molecule has 0 amide bonds. The summed E-state index contributed by atoms with van der Waals surface area (Å²) < 4.78 is 11.2. The van der Waals surface area contributed by atoms with Gasteiger partial charge in [-0.25, -0.2) is 0 Å². The van der Waals surface area contributed by atoms with Gasteiger partial charge >= 0.3 is 0 Å². The van der Waals surface area contributed by atoms with Crippen molar-refractivity contribution in [1.82, 2.24) is 0 Å². The fourth-order valence-electron chi connectivity index (χ4n) is 1.85. The molecule has 1 aliphatic rings. The Labute approximate surface area is 99.1 Å². The third-order valence-corrected chi connectivity index (χ3v) is 3.00. The van der Waals surface area contributed by atoms with E-state index in [4.69, 9.17) is 14.6 Å². The molecule has 1 saturated heterocycles. The molecular weight excluding hydrogens is 204 g/mol. The summed E-state index contributed by atoms with van der Waals surface area (Å²) in [7, 11) is 0. The van der Waals surface area contributed by atoms with Gasteiger partial charge in [0, 0.05) is 13.2 Å². The van der Waals surface area contributed by atoms with Crippen molar-refractivity contribution in [1.29, 1.82) is 0 Å². The minimum atomic E-state index is 0.315. The highest BCUT2D eigenvalue weighted by Crippen LogP contribution is 2.21. The van der Waals surface area contributed by atoms with Gasteiger partial charge in [0.1, 0.15) is 6.10 Å². The molecule has 1 rings (SSSR count). The quantitative estimate of drug-likeness (QED) is 0.438. The minimum absolute atomic E-state index is 0.315. The highest BCUT2D eigenvalue weighted by atomic mass is 16.6. The summed E-state index contributed by atoms with van der Waals surface area (Å²) in [4.78, 5) is 0. The Morgan fingerprint density at radius 3 is 2.62 bits per heavy atom. The summed E-state index contributed by atoms with van der Waals surface area (Å²) in [5.74, 6) is 0. The number of ether oxygens (including phenoxy) is 2. The van der Waals surface area contributed by atoms with Gasteiger partial charge in [0.2, 0.25) is 0 Å². The zero-order valence-corrected chi connectivity index (χ0v) is 10.5. The van der Waals surface area contributed by atoms with Crippen LogP contribution in [0.15, 0.2) is 0 Å². The van der Waals surface area contributed by atoms with Crippen LogP contribution in [0.25, 0.3) is 0 Å². The molecule has 0 aromatic rings. The van der Waals surface area contributed by atoms with Gasteiger partial charge in [-0.05, 0) is 19.3 Å². The van der Waals surface area contributed by atoms with E-state index < -0.39 is 0 Å². The van der Waals surface area contributed by atoms with Gasteiger partial charge in [-0.2, -0.15) is 0 Å². The monoisotopic (exact) mass is 230 g/mol. The molecule has 3 heteroatoms. The predicted octanol–water partition coefficient (Wildman–Crippen LogP) is 2.51. The van der Waals surface area contributed by atoms with Crippen LogP contribution in [0.1, 0.15) is 51.9 Å². The van der Waals surface area contributed by atoms with Crippen LogP contribution >= 0.6 is 0 Å². The van der Waals surface area contributed by atoms with Crippen molar-refractivity contribution in [3.8, 4) is 0 Å². The van der Waals surface area contributed by atoms with E-state index in [1.165, 1.54) is 12.8 Å². The maximum Gasteiger partial charge on any atom is 0.107 e. The molecule has 2 atom stereocenters. The Balaban J connectivity index is 1.95. The minimum Gasteiger partial charge on any atom is -0.396 e. The summed E-state index contributed by atoms with van der Waals surface area (Å²) in [5, 5.41) is 8.64. The van der Waals surface area contributed by atoms with E-state index >= 15 is 0 Å². The van der Waals surface area contributed by atoms with Crippen LogP contribution < -0.4 is 0 Å². The Kier molecular flexibility index (Phi) is 7.81. The number of hydrogen-bond donors (Lipinski definition) is 1. The molecule has 16 heavy (non-hydrogen) atoms. The molecule has 0 spiro atoms. The lowest BCUT2D eigenvalue weighted by atomic mass is 10.1. The maximum absolute atomic E-state index is 8.64. The van der Waals surface area contributed by atoms with Crippen molar-refractivity contribution >= 4 is 0 Å². The van der Waals surface area contributed by atoms with Gasteiger partial charge in [0.05, 0.1) is 12.7 Å². The number of rotatable bonds is 11. The van der Waals surface area contributed by atoms with Gasteiger partial charge < -0.3 is 14.6 Å². The van der Waals surface area contributed by atoms with E-state index in [1.54, 1.807) is 0 Å². The Morgan fingerprint density at radius 2 is 2.00 bits per heavy atom. The van der Waals surface area contributed by atoms with E-state index in [0.717, 1.165) is 45.3 Å². The van der Waals surface area contributed by atoms with Gasteiger partial charge in [-0.3, -0.25) is 0 Å². The van der Waals surface area contributed by atoms with E-state index in [2.05, 4.69) is 6.92 Å². The van der Waals surface area contributed by atoms with Crippen molar-refractivity contribution in [2.75, 3.05) is 19.8 Å². The first-order valence-corrected chi connectivity index (χ1v) is 6.72. The van der Waals surface area contributed by atoms with Gasteiger partial charge in [0.25, 0.3) is 0 Å². The fourth-order valence-corrected chi connectivity index (χ4v) is 1.85. The lowest BCUT2D eigenvalue weighted by molar-refractivity contribution is 0.0242. The molecule has 1 heterocycles. The number of aliphatic hydroxyl groups is 1. The van der Waals surface area contributed by atoms with Crippen LogP contribution in [0.3, 0.4) is 0 Å². The van der Waals surface area contributed by atoms with Crippen molar-refractivity contribution < 1.29 is 14.6 Å². The largest absolute Gasteiger partial charge is 0.396 e. The maximum atomic E-state index is 8.64. The molecule has 1 N–H and O–H groups in total. The summed E-state index contributed by atoms with van der Waals surface area (Å²) in [6.07, 6.45) is 8.60. The molecular formula is C13H26O3. The van der Waals surface area contributed by atoms with Crippen molar-refractivity contribution in [3.63, 3.8) is 0 Å². The topological polar surface area (TPSA) is 42.0 Å². The smallest absolute Gasteiger partial charge is 0.107 e. The normalized spacial score (nSPS) is 21.0. The number of unbranched alkanes of at least 4 members (excludes halogenated alkanes) is 4. The summed E-state index contributed by atoms with van der Waals surface area (Å²) >= 11 is 0. The first-order valence-electron chi connectivity index (χ1n) is 6.72. The summed E-state index contributed by atoms with van der Waals surface area (Å²) in [6, 6.07) is 0. The molecule has 96 valence electrons. The van der Waals surface area contributed by atoms with Gasteiger partial charge in [0.15, 0.2) is 0 Å². The van der Waals surface area contributed by atoms with Crippen molar-refractivity contribution in [2.24, 2.45) is 0 Å². The lowest BCUT2D eigenvalue weighted by Gasteiger charge is -2.15. The first kappa shape index (κ1) is 13.9. The molecule has 0 aromatic carbocycles. The molecule has 0 aliphatic carbocycles. The van der Waals surface area contributed by atoms with Crippen LogP contribution in [0.4, 0.5) is 0 Å². The second-order valence-corrected chi connectivity index (χ2v) is 4.56. The second kappa shape index (κ2) is 8.97. The fraction of sp³-hybridized carbons (Fsp3) is 1.00. The van der Waals surface area contributed by atoms with E-state index in [0.29, 0.717) is 18.8 Å². The van der Waals surface area contributed by atoms with Crippen LogP contribution in [-0.2, 0) is 9.47 Å². The van der Waals surface area contributed by atoms with Gasteiger partial charge in [-0.1, -0.05) is 32.6 Å². The zero-order chi connectivity index (χ0) is 11.6. The molecule has 3 nitrogen and oxygen atoms in total. The summed E-state index contributed by atoms with van der Waals surface area (Å²) in [5.41, 5.74) is 0. The number of hydrogen-bond acceptors (Lipinski definition) is 3. The Bertz CT molecular complexity index is 157. The highest BCUT2D eigenvalue weighted by Gasteiger charge is 2.32. The molecule has 0 saturated carbocycles. The van der Waals surface area contributed by atoms with Gasteiger partial charge in [-0.15, -0.1) is 0 Å². The Morgan fingerprint density at radius 1 is 1.25 bits per heavy atom. The number of epoxide rings is 1. The van der Waals surface area contributed by atoms with Crippen LogP contribution in [-0.4, -0.2) is 37.1 Å².